The monoisotopic (exact) mass is 239 g/mol. The fraction of sp³-hybridized carbons (Fsp3) is 0.214. The highest BCUT2D eigenvalue weighted by atomic mass is 16.1. The second-order valence-corrected chi connectivity index (χ2v) is 3.67. The average Bonchev–Trinajstić information content (AvgIpc) is 2.43. The first kappa shape index (κ1) is 13.5. The van der Waals surface area contributed by atoms with Crippen LogP contribution in [-0.2, 0) is 4.79 Å². The van der Waals surface area contributed by atoms with Gasteiger partial charge in [-0.2, -0.15) is 10.5 Å². The lowest BCUT2D eigenvalue weighted by atomic mass is 10.1. The molecule has 0 aliphatic rings. The highest BCUT2D eigenvalue weighted by Gasteiger charge is 2.05. The number of carbonyl (C=O) groups excluding carboxylic acids is 1. The van der Waals surface area contributed by atoms with Crippen LogP contribution in [0.1, 0.15) is 24.5 Å². The summed E-state index contributed by atoms with van der Waals surface area (Å²) in [4.78, 5) is 11.5. The number of hydrogen-bond donors (Lipinski definition) is 1. The maximum atomic E-state index is 11.5. The Kier molecular flexibility index (Phi) is 5.15. The summed E-state index contributed by atoms with van der Waals surface area (Å²) in [7, 11) is 0. The van der Waals surface area contributed by atoms with Gasteiger partial charge in [-0.15, -0.1) is 0 Å². The fourth-order valence-corrected chi connectivity index (χ4v) is 1.29. The van der Waals surface area contributed by atoms with Crippen LogP contribution in [0.3, 0.4) is 0 Å². The lowest BCUT2D eigenvalue weighted by Crippen LogP contribution is -2.31. The van der Waals surface area contributed by atoms with Gasteiger partial charge in [0, 0.05) is 6.08 Å². The molecule has 1 aromatic rings. The Morgan fingerprint density at radius 2 is 2.06 bits per heavy atom. The number of nitriles is 2. The summed E-state index contributed by atoms with van der Waals surface area (Å²) in [5.41, 5.74) is 1.40. The molecule has 1 atom stereocenters. The Labute approximate surface area is 106 Å². The molecule has 1 rings (SSSR count). The molecule has 0 saturated carbocycles. The van der Waals surface area contributed by atoms with Gasteiger partial charge < -0.3 is 5.32 Å². The summed E-state index contributed by atoms with van der Waals surface area (Å²) >= 11 is 0. The molecule has 0 unspecified atom stereocenters. The highest BCUT2D eigenvalue weighted by molar-refractivity contribution is 5.92. The van der Waals surface area contributed by atoms with E-state index < -0.39 is 6.04 Å². The van der Waals surface area contributed by atoms with Gasteiger partial charge in [-0.05, 0) is 30.2 Å². The predicted octanol–water partition coefficient (Wildman–Crippen LogP) is 1.99. The van der Waals surface area contributed by atoms with Crippen LogP contribution in [0, 0.1) is 22.7 Å². The molecule has 0 saturated heterocycles. The van der Waals surface area contributed by atoms with Gasteiger partial charge in [0.05, 0.1) is 17.7 Å². The van der Waals surface area contributed by atoms with Gasteiger partial charge in [-0.25, -0.2) is 0 Å². The molecule has 0 aliphatic heterocycles. The Hall–Kier alpha value is -2.59. The van der Waals surface area contributed by atoms with E-state index in [0.29, 0.717) is 12.0 Å². The summed E-state index contributed by atoms with van der Waals surface area (Å²) in [6.07, 6.45) is 3.59. The number of carbonyl (C=O) groups is 1. The highest BCUT2D eigenvalue weighted by Crippen LogP contribution is 2.05. The molecule has 0 aliphatic carbocycles. The minimum absolute atomic E-state index is 0.298. The van der Waals surface area contributed by atoms with Gasteiger partial charge in [-0.3, -0.25) is 4.79 Å². The summed E-state index contributed by atoms with van der Waals surface area (Å²) < 4.78 is 0. The number of nitrogens with zero attached hydrogens (tertiary/aromatic N) is 2. The van der Waals surface area contributed by atoms with Crippen molar-refractivity contribution in [3.8, 4) is 12.1 Å². The van der Waals surface area contributed by atoms with Crippen molar-refractivity contribution in [1.29, 1.82) is 10.5 Å². The molecule has 0 aromatic heterocycles. The van der Waals surface area contributed by atoms with Gasteiger partial charge in [0.1, 0.15) is 6.04 Å². The molecule has 0 heterocycles. The van der Waals surface area contributed by atoms with E-state index in [1.165, 1.54) is 6.08 Å². The smallest absolute Gasteiger partial charge is 0.245 e. The van der Waals surface area contributed by atoms with Crippen LogP contribution in [-0.4, -0.2) is 11.9 Å². The summed E-state index contributed by atoms with van der Waals surface area (Å²) in [5, 5.41) is 19.9. The first-order valence-corrected chi connectivity index (χ1v) is 5.58. The number of hydrogen-bond acceptors (Lipinski definition) is 3. The minimum atomic E-state index is -0.455. The summed E-state index contributed by atoms with van der Waals surface area (Å²) in [6.45, 7) is 1.83. The lowest BCUT2D eigenvalue weighted by molar-refractivity contribution is -0.116. The molecular weight excluding hydrogens is 226 g/mol. The Morgan fingerprint density at radius 1 is 1.39 bits per heavy atom. The van der Waals surface area contributed by atoms with E-state index in [1.54, 1.807) is 30.3 Å². The van der Waals surface area contributed by atoms with Crippen molar-refractivity contribution < 1.29 is 4.79 Å². The maximum absolute atomic E-state index is 11.5. The molecule has 1 aromatic carbocycles. The van der Waals surface area contributed by atoms with E-state index in [2.05, 4.69) is 5.32 Å². The molecule has 4 heteroatoms. The van der Waals surface area contributed by atoms with Crippen molar-refractivity contribution in [2.24, 2.45) is 0 Å². The van der Waals surface area contributed by atoms with E-state index in [4.69, 9.17) is 10.5 Å². The van der Waals surface area contributed by atoms with Gasteiger partial charge in [-0.1, -0.05) is 19.1 Å². The summed E-state index contributed by atoms with van der Waals surface area (Å²) in [6, 6.07) is 10.4. The molecular formula is C14H13N3O. The molecule has 0 bridgehead atoms. The van der Waals surface area contributed by atoms with Crippen LogP contribution >= 0.6 is 0 Å². The van der Waals surface area contributed by atoms with Crippen molar-refractivity contribution in [3.05, 3.63) is 41.5 Å². The minimum Gasteiger partial charge on any atom is -0.337 e. The van der Waals surface area contributed by atoms with Crippen molar-refractivity contribution in [2.75, 3.05) is 0 Å². The Balaban J connectivity index is 2.61. The van der Waals surface area contributed by atoms with Gasteiger partial charge in [0.25, 0.3) is 0 Å². The number of benzene rings is 1. The second kappa shape index (κ2) is 6.88. The number of rotatable bonds is 4. The van der Waals surface area contributed by atoms with Crippen molar-refractivity contribution in [3.63, 3.8) is 0 Å². The lowest BCUT2D eigenvalue weighted by Gasteiger charge is -2.05. The molecule has 1 N–H and O–H groups in total. The van der Waals surface area contributed by atoms with Crippen LogP contribution in [0.25, 0.3) is 6.08 Å². The predicted molar refractivity (Wildman–Crippen MR) is 68.0 cm³/mol. The fourth-order valence-electron chi connectivity index (χ4n) is 1.29. The van der Waals surface area contributed by atoms with E-state index in [-0.39, 0.29) is 5.91 Å². The average molecular weight is 239 g/mol. The largest absolute Gasteiger partial charge is 0.337 e. The Morgan fingerprint density at radius 3 is 2.56 bits per heavy atom. The van der Waals surface area contributed by atoms with E-state index in [9.17, 15) is 4.79 Å². The van der Waals surface area contributed by atoms with E-state index >= 15 is 0 Å². The third-order valence-electron chi connectivity index (χ3n) is 2.35. The molecule has 18 heavy (non-hydrogen) atoms. The Bertz CT molecular complexity index is 517. The maximum Gasteiger partial charge on any atom is 0.245 e. The van der Waals surface area contributed by atoms with Crippen LogP contribution in [0.4, 0.5) is 0 Å². The molecule has 0 spiro atoms. The topological polar surface area (TPSA) is 76.7 Å². The van der Waals surface area contributed by atoms with Crippen molar-refractivity contribution >= 4 is 12.0 Å². The van der Waals surface area contributed by atoms with E-state index in [1.807, 2.05) is 19.1 Å². The first-order chi connectivity index (χ1) is 8.69. The van der Waals surface area contributed by atoms with Crippen LogP contribution < -0.4 is 5.32 Å². The number of amides is 1. The molecule has 4 nitrogen and oxygen atoms in total. The van der Waals surface area contributed by atoms with Crippen LogP contribution in [0.5, 0.6) is 0 Å². The van der Waals surface area contributed by atoms with Gasteiger partial charge in [0.2, 0.25) is 5.91 Å². The first-order valence-electron chi connectivity index (χ1n) is 5.58. The van der Waals surface area contributed by atoms with E-state index in [0.717, 1.165) is 5.56 Å². The summed E-state index contributed by atoms with van der Waals surface area (Å²) in [5.74, 6) is -0.298. The van der Waals surface area contributed by atoms with Crippen molar-refractivity contribution in [2.45, 2.75) is 19.4 Å². The zero-order valence-electron chi connectivity index (χ0n) is 10.1. The normalized spacial score (nSPS) is 11.5. The van der Waals surface area contributed by atoms with Gasteiger partial charge >= 0.3 is 0 Å². The number of nitrogens with one attached hydrogen (secondary N) is 1. The quantitative estimate of drug-likeness (QED) is 0.816. The third kappa shape index (κ3) is 4.11. The third-order valence-corrected chi connectivity index (χ3v) is 2.35. The standard InChI is InChI=1S/C14H13N3O/c1-2-13(10-16)17-14(18)8-7-11-3-5-12(9-15)6-4-11/h3-8,13H,2H2,1H3,(H,17,18)/b8-7-/t13-/m1/s1. The van der Waals surface area contributed by atoms with Gasteiger partial charge in [0.15, 0.2) is 0 Å². The zero-order chi connectivity index (χ0) is 13.4. The zero-order valence-corrected chi connectivity index (χ0v) is 10.1. The molecule has 0 radical (unpaired) electrons. The molecule has 90 valence electrons. The molecule has 0 fully saturated rings. The SMILES string of the molecule is CC[C@H](C#N)NC(=O)/C=C\c1ccc(C#N)cc1. The van der Waals surface area contributed by atoms with Crippen LogP contribution in [0.15, 0.2) is 30.3 Å². The van der Waals surface area contributed by atoms with Crippen molar-refractivity contribution in [1.82, 2.24) is 5.32 Å². The van der Waals surface area contributed by atoms with Crippen LogP contribution in [0.2, 0.25) is 0 Å². The second-order valence-electron chi connectivity index (χ2n) is 3.67. The molecule has 1 amide bonds.